The van der Waals surface area contributed by atoms with Gasteiger partial charge in [0.25, 0.3) is 5.91 Å². The van der Waals surface area contributed by atoms with E-state index in [0.29, 0.717) is 33.5 Å². The van der Waals surface area contributed by atoms with Crippen molar-refractivity contribution in [3.05, 3.63) is 107 Å². The van der Waals surface area contributed by atoms with Crippen LogP contribution in [0.15, 0.2) is 78.9 Å². The number of halogens is 5. The molecular weight excluding hydrogens is 656 g/mol. The summed E-state index contributed by atoms with van der Waals surface area (Å²) in [6.07, 6.45) is -5.35. The fourth-order valence-electron chi connectivity index (χ4n) is 5.30. The summed E-state index contributed by atoms with van der Waals surface area (Å²) in [5.41, 5.74) is 3.28. The monoisotopic (exact) mass is 688 g/mol. The van der Waals surface area contributed by atoms with Crippen LogP contribution in [0.4, 0.5) is 17.6 Å². The van der Waals surface area contributed by atoms with Crippen molar-refractivity contribution in [2.75, 3.05) is 0 Å². The fourth-order valence-corrected chi connectivity index (χ4v) is 5.54. The number of carbonyl (C=O) groups excluding carboxylic acids is 1. The molecule has 1 amide bonds. The van der Waals surface area contributed by atoms with Crippen molar-refractivity contribution in [1.29, 1.82) is 0 Å². The van der Waals surface area contributed by atoms with Crippen LogP contribution in [0.1, 0.15) is 54.5 Å². The molecule has 0 spiro atoms. The number of amides is 1. The van der Waals surface area contributed by atoms with Crippen molar-refractivity contribution in [3.8, 4) is 28.0 Å². The number of hydrogen-bond acceptors (Lipinski definition) is 5. The van der Waals surface area contributed by atoms with Crippen LogP contribution in [-0.4, -0.2) is 50.3 Å². The molecule has 1 heterocycles. The van der Waals surface area contributed by atoms with Crippen molar-refractivity contribution >= 4 is 29.6 Å². The van der Waals surface area contributed by atoms with Crippen LogP contribution >= 0.6 is 11.6 Å². The molecule has 48 heavy (non-hydrogen) atoms. The Kier molecular flexibility index (Phi) is 11.7. The lowest BCUT2D eigenvalue weighted by Crippen LogP contribution is -2.27. The minimum Gasteiger partial charge on any atom is -0.481 e. The van der Waals surface area contributed by atoms with E-state index in [-0.39, 0.29) is 29.7 Å². The smallest absolute Gasteiger partial charge is 0.481 e. The number of carboxylic acids is 1. The van der Waals surface area contributed by atoms with Gasteiger partial charge in [0.05, 0.1) is 23.7 Å². The maximum absolute atomic E-state index is 14.2. The van der Waals surface area contributed by atoms with Crippen molar-refractivity contribution < 1.29 is 47.2 Å². The molecular formula is C35H33ClF4N2O6. The quantitative estimate of drug-likeness (QED) is 0.107. The Labute approximate surface area is 278 Å². The third kappa shape index (κ3) is 9.24. The minimum absolute atomic E-state index is 0.112. The van der Waals surface area contributed by atoms with E-state index in [0.717, 1.165) is 6.07 Å². The second-order valence-corrected chi connectivity index (χ2v) is 11.6. The van der Waals surface area contributed by atoms with E-state index in [1.807, 2.05) is 13.8 Å². The zero-order valence-electron chi connectivity index (χ0n) is 25.8. The number of hydrogen-bond donors (Lipinski definition) is 4. The molecule has 0 saturated carbocycles. The Bertz CT molecular complexity index is 1770. The van der Waals surface area contributed by atoms with E-state index < -0.39 is 48.4 Å². The lowest BCUT2D eigenvalue weighted by atomic mass is 9.94. The molecule has 3 aromatic carbocycles. The first-order valence-electron chi connectivity index (χ1n) is 14.8. The molecule has 0 aliphatic heterocycles. The fraction of sp³-hybridized carbons (Fsp3) is 0.257. The minimum atomic E-state index is -4.93. The summed E-state index contributed by atoms with van der Waals surface area (Å²) in [5.74, 6) is -2.83. The van der Waals surface area contributed by atoms with Crippen LogP contribution in [0.3, 0.4) is 0 Å². The third-order valence-electron chi connectivity index (χ3n) is 7.25. The summed E-state index contributed by atoms with van der Waals surface area (Å²) in [4.78, 5) is 25.2. The molecule has 0 radical (unpaired) electrons. The van der Waals surface area contributed by atoms with E-state index in [1.54, 1.807) is 53.1 Å². The molecule has 4 N–H and O–H groups in total. The molecule has 4 rings (SSSR count). The molecule has 4 aromatic rings. The third-order valence-corrected chi connectivity index (χ3v) is 7.54. The van der Waals surface area contributed by atoms with E-state index >= 15 is 0 Å². The summed E-state index contributed by atoms with van der Waals surface area (Å²) < 4.78 is 57.9. The summed E-state index contributed by atoms with van der Waals surface area (Å²) in [7, 11) is 0. The van der Waals surface area contributed by atoms with Gasteiger partial charge in [-0.3, -0.25) is 9.59 Å². The van der Waals surface area contributed by atoms with Gasteiger partial charge in [0, 0.05) is 35.8 Å². The van der Waals surface area contributed by atoms with Gasteiger partial charge in [-0.05, 0) is 60.9 Å². The van der Waals surface area contributed by atoms with Crippen LogP contribution in [0.25, 0.3) is 28.3 Å². The molecule has 2 unspecified atom stereocenters. The van der Waals surface area contributed by atoms with Gasteiger partial charge in [-0.15, -0.1) is 13.2 Å². The lowest BCUT2D eigenvalue weighted by Gasteiger charge is -2.17. The molecule has 254 valence electrons. The normalized spacial score (nSPS) is 13.1. The Morgan fingerprint density at radius 2 is 1.62 bits per heavy atom. The summed E-state index contributed by atoms with van der Waals surface area (Å²) >= 11 is 6.02. The Hall–Kier alpha value is -4.65. The number of nitrogens with zero attached hydrogens (tertiary/aromatic N) is 1. The first-order valence-corrected chi connectivity index (χ1v) is 15.2. The van der Waals surface area contributed by atoms with Crippen molar-refractivity contribution in [2.45, 2.75) is 57.8 Å². The highest BCUT2D eigenvalue weighted by Gasteiger charge is 2.32. The van der Waals surface area contributed by atoms with Crippen molar-refractivity contribution in [1.82, 2.24) is 9.88 Å². The number of alkyl halides is 3. The van der Waals surface area contributed by atoms with Crippen molar-refractivity contribution in [3.63, 3.8) is 0 Å². The number of aliphatic carboxylic acids is 1. The first kappa shape index (κ1) is 36.2. The van der Waals surface area contributed by atoms with Gasteiger partial charge in [0.1, 0.15) is 17.3 Å². The Morgan fingerprint density at radius 1 is 0.979 bits per heavy atom. The number of aromatic nitrogens is 1. The van der Waals surface area contributed by atoms with Gasteiger partial charge in [-0.25, -0.2) is 4.39 Å². The highest BCUT2D eigenvalue weighted by Crippen LogP contribution is 2.42. The second kappa shape index (κ2) is 15.5. The van der Waals surface area contributed by atoms with Gasteiger partial charge in [-0.2, -0.15) is 0 Å². The largest absolute Gasteiger partial charge is 0.573 e. The van der Waals surface area contributed by atoms with Gasteiger partial charge in [-0.1, -0.05) is 66.2 Å². The van der Waals surface area contributed by atoms with Crippen LogP contribution in [0, 0.1) is 5.82 Å². The number of aliphatic hydroxyl groups excluding tert-OH is 2. The number of nitrogens with one attached hydrogen (secondary N) is 1. The van der Waals surface area contributed by atoms with Crippen LogP contribution in [0.5, 0.6) is 5.75 Å². The molecule has 0 bridgehead atoms. The van der Waals surface area contributed by atoms with E-state index in [1.165, 1.54) is 30.3 Å². The zero-order chi connectivity index (χ0) is 35.2. The predicted molar refractivity (Wildman–Crippen MR) is 173 cm³/mol. The standard InChI is InChI=1S/C35H33ClF4N2O6/c1-20(2)42-28(14-13-25(43)17-26(44)18-30(45)46)31(23-9-11-24(37)12-10-23)32(22-6-4-3-5-7-22)33(42)34(47)41-19-21-8-15-29(27(36)16-21)48-35(38,39)40/h3-16,20,25-26,43-44H,17-19H2,1-2H3,(H,41,47)(H,45,46). The summed E-state index contributed by atoms with van der Waals surface area (Å²) in [6, 6.07) is 17.9. The van der Waals surface area contributed by atoms with Crippen LogP contribution in [0.2, 0.25) is 5.02 Å². The maximum atomic E-state index is 14.2. The number of carboxylic acid groups (broad SMARTS) is 1. The van der Waals surface area contributed by atoms with Crippen LogP contribution < -0.4 is 10.1 Å². The molecule has 0 fully saturated rings. The van der Waals surface area contributed by atoms with E-state index in [2.05, 4.69) is 10.1 Å². The average Bonchev–Trinajstić information content (AvgIpc) is 3.35. The SMILES string of the molecule is CC(C)n1c(C=CC(O)CC(O)CC(=O)O)c(-c2ccc(F)cc2)c(-c2ccccc2)c1C(=O)NCc1ccc(OC(F)(F)F)c(Cl)c1. The number of carbonyl (C=O) groups is 2. The number of aliphatic hydroxyl groups is 2. The van der Waals surface area contributed by atoms with Gasteiger partial charge in [0.15, 0.2) is 0 Å². The Balaban J connectivity index is 1.84. The average molecular weight is 689 g/mol. The molecule has 2 atom stereocenters. The van der Waals surface area contributed by atoms with Gasteiger partial charge < -0.3 is 29.9 Å². The van der Waals surface area contributed by atoms with Crippen LogP contribution in [-0.2, 0) is 11.3 Å². The highest BCUT2D eigenvalue weighted by atomic mass is 35.5. The predicted octanol–water partition coefficient (Wildman–Crippen LogP) is 7.62. The van der Waals surface area contributed by atoms with Gasteiger partial charge in [0.2, 0.25) is 0 Å². The molecule has 0 saturated heterocycles. The summed E-state index contributed by atoms with van der Waals surface area (Å²) in [6.45, 7) is 3.56. The second-order valence-electron chi connectivity index (χ2n) is 11.2. The lowest BCUT2D eigenvalue weighted by molar-refractivity contribution is -0.274. The number of benzene rings is 3. The molecule has 1 aromatic heterocycles. The molecule has 13 heteroatoms. The van der Waals surface area contributed by atoms with E-state index in [9.17, 15) is 37.4 Å². The zero-order valence-corrected chi connectivity index (χ0v) is 26.6. The summed E-state index contributed by atoms with van der Waals surface area (Å²) in [5, 5.41) is 32.2. The first-order chi connectivity index (χ1) is 22.6. The topological polar surface area (TPSA) is 121 Å². The number of ether oxygens (including phenoxy) is 1. The van der Waals surface area contributed by atoms with Gasteiger partial charge >= 0.3 is 12.3 Å². The Morgan fingerprint density at radius 3 is 2.21 bits per heavy atom. The molecule has 0 aliphatic rings. The highest BCUT2D eigenvalue weighted by molar-refractivity contribution is 6.32. The number of rotatable bonds is 13. The van der Waals surface area contributed by atoms with E-state index in [4.69, 9.17) is 16.7 Å². The molecule has 8 nitrogen and oxygen atoms in total. The maximum Gasteiger partial charge on any atom is 0.573 e. The molecule has 0 aliphatic carbocycles. The van der Waals surface area contributed by atoms with Crippen molar-refractivity contribution in [2.24, 2.45) is 0 Å².